The van der Waals surface area contributed by atoms with Gasteiger partial charge in [0.05, 0.1) is 0 Å². The van der Waals surface area contributed by atoms with Crippen LogP contribution >= 0.6 is 19.9 Å². The van der Waals surface area contributed by atoms with Crippen molar-refractivity contribution >= 4 is 19.9 Å². The minimum atomic E-state index is -1.57. The molecule has 0 amide bonds. The molecule has 0 rings (SSSR count). The molecular formula is C4H6Cl2HgO2. The van der Waals surface area contributed by atoms with Crippen LogP contribution in [0.4, 0.5) is 0 Å². The molecule has 0 spiro atoms. The van der Waals surface area contributed by atoms with E-state index in [1.807, 2.05) is 0 Å². The van der Waals surface area contributed by atoms with Crippen LogP contribution in [-0.4, -0.2) is 23.4 Å². The Labute approximate surface area is 74.3 Å². The van der Waals surface area contributed by atoms with E-state index in [1.54, 1.807) is 0 Å². The standard InChI is InChI=1S/C4H6ClO2.ClH.Hg/c5-4(3-7)1-2-6;;/h6-7H,2-3H2;1H;/q;;+1/p-1. The second-order valence-electron chi connectivity index (χ2n) is 1.46. The number of halogens is 2. The van der Waals surface area contributed by atoms with E-state index in [1.165, 1.54) is 0 Å². The van der Waals surface area contributed by atoms with E-state index < -0.39 is 23.3 Å². The van der Waals surface area contributed by atoms with Gasteiger partial charge < -0.3 is 0 Å². The zero-order valence-electron chi connectivity index (χ0n) is 4.77. The Morgan fingerprint density at radius 1 is 1.33 bits per heavy atom. The van der Waals surface area contributed by atoms with Gasteiger partial charge in [0.15, 0.2) is 0 Å². The first kappa shape index (κ1) is 10.2. The third kappa shape index (κ3) is 3.78. The molecule has 50 valence electrons. The molecule has 0 aromatic carbocycles. The average Bonchev–Trinajstić information content (AvgIpc) is 1.90. The third-order valence-electron chi connectivity index (χ3n) is 0.875. The monoisotopic (exact) mass is 358 g/mol. The van der Waals surface area contributed by atoms with Crippen molar-refractivity contribution < 1.29 is 33.6 Å². The Balaban J connectivity index is 4.01. The molecule has 0 aliphatic heterocycles. The Bertz CT molecular complexity index is 109. The number of hydrogen-bond donors (Lipinski definition) is 2. The molecule has 0 radical (unpaired) electrons. The van der Waals surface area contributed by atoms with Gasteiger partial charge in [-0.1, -0.05) is 0 Å². The number of aliphatic hydroxyl groups excluding tert-OH is 2. The van der Waals surface area contributed by atoms with E-state index in [0.717, 1.165) is 0 Å². The Hall–Kier alpha value is 1.18. The second-order valence-corrected chi connectivity index (χ2v) is 8.62. The molecule has 0 saturated carbocycles. The van der Waals surface area contributed by atoms with Gasteiger partial charge in [-0.2, -0.15) is 0 Å². The molecule has 0 saturated heterocycles. The van der Waals surface area contributed by atoms with Crippen molar-refractivity contribution in [2.24, 2.45) is 0 Å². The van der Waals surface area contributed by atoms with Crippen molar-refractivity contribution in [1.82, 2.24) is 0 Å². The quantitative estimate of drug-likeness (QED) is 0.729. The summed E-state index contributed by atoms with van der Waals surface area (Å²) in [7, 11) is 5.55. The third-order valence-corrected chi connectivity index (χ3v) is 8.75. The van der Waals surface area contributed by atoms with Crippen LogP contribution in [0.15, 0.2) is 8.11 Å². The maximum atomic E-state index is 8.55. The number of hydrogen-bond acceptors (Lipinski definition) is 2. The SMILES string of the molecule is OC/C(Cl)=[C](/CO)[Hg][Cl]. The first-order valence-corrected chi connectivity index (χ1v) is 12.3. The van der Waals surface area contributed by atoms with Gasteiger partial charge in [0.25, 0.3) is 0 Å². The van der Waals surface area contributed by atoms with Gasteiger partial charge in [0.2, 0.25) is 0 Å². The van der Waals surface area contributed by atoms with E-state index in [9.17, 15) is 0 Å². The Morgan fingerprint density at radius 2 is 1.89 bits per heavy atom. The van der Waals surface area contributed by atoms with Gasteiger partial charge >= 0.3 is 74.7 Å². The summed E-state index contributed by atoms with van der Waals surface area (Å²) in [5.41, 5.74) is 0. The summed E-state index contributed by atoms with van der Waals surface area (Å²) in [5.74, 6) is 0. The molecule has 9 heavy (non-hydrogen) atoms. The average molecular weight is 358 g/mol. The zero-order chi connectivity index (χ0) is 7.28. The molecule has 5 heteroatoms. The van der Waals surface area contributed by atoms with Crippen LogP contribution in [0.3, 0.4) is 0 Å². The van der Waals surface area contributed by atoms with E-state index in [0.29, 0.717) is 8.11 Å². The predicted octanol–water partition coefficient (Wildman–Crippen LogP) is 0.658. The van der Waals surface area contributed by atoms with E-state index in [2.05, 4.69) is 0 Å². The predicted molar refractivity (Wildman–Crippen MR) is 32.9 cm³/mol. The second kappa shape index (κ2) is 5.92. The molecule has 0 fully saturated rings. The van der Waals surface area contributed by atoms with Gasteiger partial charge in [-0.05, 0) is 0 Å². The Morgan fingerprint density at radius 3 is 2.00 bits per heavy atom. The van der Waals surface area contributed by atoms with E-state index in [4.69, 9.17) is 30.1 Å². The van der Waals surface area contributed by atoms with Crippen molar-refractivity contribution in [2.75, 3.05) is 13.2 Å². The van der Waals surface area contributed by atoms with Crippen molar-refractivity contribution in [3.8, 4) is 0 Å². The van der Waals surface area contributed by atoms with Gasteiger partial charge in [0, 0.05) is 0 Å². The zero-order valence-corrected chi connectivity index (χ0v) is 11.8. The van der Waals surface area contributed by atoms with Crippen LogP contribution < -0.4 is 0 Å². The summed E-state index contributed by atoms with van der Waals surface area (Å²) in [6.45, 7) is -0.297. The van der Waals surface area contributed by atoms with Crippen molar-refractivity contribution in [3.63, 3.8) is 0 Å². The molecule has 0 unspecified atom stereocenters. The van der Waals surface area contributed by atoms with Crippen LogP contribution in [-0.2, 0) is 23.3 Å². The van der Waals surface area contributed by atoms with Gasteiger partial charge in [-0.25, -0.2) is 0 Å². The summed E-state index contributed by atoms with van der Waals surface area (Å²) < 4.78 is 0.695. The van der Waals surface area contributed by atoms with Crippen LogP contribution in [0.1, 0.15) is 0 Å². The first-order chi connectivity index (χ1) is 4.26. The Kier molecular flexibility index (Phi) is 6.70. The molecular weight excluding hydrogens is 352 g/mol. The minimum absolute atomic E-state index is 0.0928. The van der Waals surface area contributed by atoms with Crippen molar-refractivity contribution in [3.05, 3.63) is 8.11 Å². The first-order valence-electron chi connectivity index (χ1n) is 2.40. The van der Waals surface area contributed by atoms with Gasteiger partial charge in [-0.15, -0.1) is 0 Å². The van der Waals surface area contributed by atoms with Crippen LogP contribution in [0.5, 0.6) is 0 Å². The molecule has 0 aromatic heterocycles. The summed E-state index contributed by atoms with van der Waals surface area (Å²) in [4.78, 5) is 0. The summed E-state index contributed by atoms with van der Waals surface area (Å²) in [6.07, 6.45) is 0. The van der Waals surface area contributed by atoms with Crippen LogP contribution in [0.2, 0.25) is 0 Å². The van der Waals surface area contributed by atoms with Crippen molar-refractivity contribution in [1.29, 1.82) is 0 Å². The van der Waals surface area contributed by atoms with Crippen LogP contribution in [0.25, 0.3) is 0 Å². The normalized spacial score (nSPS) is 12.4. The molecule has 2 N–H and O–H groups in total. The fraction of sp³-hybridized carbons (Fsp3) is 0.500. The van der Waals surface area contributed by atoms with Crippen LogP contribution in [0, 0.1) is 0 Å². The van der Waals surface area contributed by atoms with Gasteiger partial charge in [0.1, 0.15) is 0 Å². The molecule has 2 nitrogen and oxygen atoms in total. The summed E-state index contributed by atoms with van der Waals surface area (Å²) in [6, 6.07) is 0. The molecule has 0 aliphatic carbocycles. The molecule has 0 heterocycles. The molecule has 0 aliphatic rings. The fourth-order valence-electron chi connectivity index (χ4n) is 0.312. The molecule has 0 bridgehead atoms. The summed E-state index contributed by atoms with van der Waals surface area (Å²) in [5, 5.41) is 17.3. The molecule has 0 atom stereocenters. The van der Waals surface area contributed by atoms with E-state index in [-0.39, 0.29) is 13.2 Å². The molecule has 0 aromatic rings. The topological polar surface area (TPSA) is 40.5 Å². The van der Waals surface area contributed by atoms with E-state index >= 15 is 0 Å². The summed E-state index contributed by atoms with van der Waals surface area (Å²) >= 11 is 3.90. The van der Waals surface area contributed by atoms with Crippen molar-refractivity contribution in [2.45, 2.75) is 0 Å². The fourth-order valence-corrected chi connectivity index (χ4v) is 5.04. The number of rotatable bonds is 3. The number of aliphatic hydroxyl groups is 2. The maximum absolute atomic E-state index is 8.55. The van der Waals surface area contributed by atoms with Gasteiger partial charge in [-0.3, -0.25) is 0 Å².